The highest BCUT2D eigenvalue weighted by molar-refractivity contribution is 6.30. The zero-order valence-corrected chi connectivity index (χ0v) is 13.0. The van der Waals surface area contributed by atoms with E-state index in [1.54, 1.807) is 24.3 Å². The van der Waals surface area contributed by atoms with Crippen LogP contribution in [0.2, 0.25) is 5.02 Å². The lowest BCUT2D eigenvalue weighted by Gasteiger charge is -2.09. The molecule has 2 aromatic rings. The third-order valence-electron chi connectivity index (χ3n) is 2.93. The van der Waals surface area contributed by atoms with Gasteiger partial charge in [-0.1, -0.05) is 17.7 Å². The molecule has 23 heavy (non-hydrogen) atoms. The lowest BCUT2D eigenvalue weighted by Crippen LogP contribution is -2.22. The molecule has 0 heterocycles. The molecule has 7 heteroatoms. The lowest BCUT2D eigenvalue weighted by atomic mass is 10.2. The number of halogens is 2. The third kappa shape index (κ3) is 4.69. The molecule has 120 valence electrons. The van der Waals surface area contributed by atoms with Crippen molar-refractivity contribution in [1.29, 1.82) is 0 Å². The number of benzene rings is 2. The summed E-state index contributed by atoms with van der Waals surface area (Å²) < 4.78 is 18.0. The van der Waals surface area contributed by atoms with Gasteiger partial charge in [-0.05, 0) is 36.4 Å². The van der Waals surface area contributed by atoms with Gasteiger partial charge in [0.25, 0.3) is 0 Å². The zero-order chi connectivity index (χ0) is 16.8. The molecule has 2 rings (SSSR count). The molecule has 5 nitrogen and oxygen atoms in total. The van der Waals surface area contributed by atoms with Crippen molar-refractivity contribution in [2.24, 2.45) is 0 Å². The van der Waals surface area contributed by atoms with Gasteiger partial charge >= 0.3 is 5.97 Å². The summed E-state index contributed by atoms with van der Waals surface area (Å²) in [6, 6.07) is 10.6. The Morgan fingerprint density at radius 1 is 1.17 bits per heavy atom. The molecule has 0 aliphatic carbocycles. The summed E-state index contributed by atoms with van der Waals surface area (Å²) in [5, 5.41) is 5.98. The van der Waals surface area contributed by atoms with E-state index in [1.165, 1.54) is 19.2 Å². The van der Waals surface area contributed by atoms with E-state index in [1.807, 2.05) is 0 Å². The van der Waals surface area contributed by atoms with E-state index in [9.17, 15) is 14.0 Å². The van der Waals surface area contributed by atoms with Crippen molar-refractivity contribution in [2.75, 3.05) is 24.3 Å². The number of amides is 1. The van der Waals surface area contributed by atoms with E-state index >= 15 is 0 Å². The van der Waals surface area contributed by atoms with Crippen LogP contribution in [0.4, 0.5) is 15.8 Å². The molecule has 0 fully saturated rings. The average Bonchev–Trinajstić information content (AvgIpc) is 2.53. The number of rotatable bonds is 5. The van der Waals surface area contributed by atoms with E-state index in [0.717, 1.165) is 6.07 Å². The molecule has 0 saturated carbocycles. The van der Waals surface area contributed by atoms with Gasteiger partial charge in [-0.15, -0.1) is 0 Å². The van der Waals surface area contributed by atoms with Gasteiger partial charge in [0.05, 0.1) is 19.2 Å². The van der Waals surface area contributed by atoms with Crippen LogP contribution in [0.1, 0.15) is 10.4 Å². The number of carbonyl (C=O) groups is 2. The molecule has 0 aromatic heterocycles. The number of hydrogen-bond acceptors (Lipinski definition) is 4. The van der Waals surface area contributed by atoms with Crippen molar-refractivity contribution in [1.82, 2.24) is 0 Å². The van der Waals surface area contributed by atoms with Gasteiger partial charge in [0.1, 0.15) is 5.82 Å². The normalized spacial score (nSPS) is 10.0. The highest BCUT2D eigenvalue weighted by atomic mass is 35.5. The highest BCUT2D eigenvalue weighted by Gasteiger charge is 2.13. The molecule has 0 bridgehead atoms. The summed E-state index contributed by atoms with van der Waals surface area (Å²) in [5.74, 6) is -1.78. The number of anilines is 2. The van der Waals surface area contributed by atoms with Crippen LogP contribution in [0.25, 0.3) is 0 Å². The molecule has 2 aromatic carbocycles. The predicted molar refractivity (Wildman–Crippen MR) is 86.3 cm³/mol. The quantitative estimate of drug-likeness (QED) is 0.822. The first-order chi connectivity index (χ1) is 11.0. The van der Waals surface area contributed by atoms with Crippen LogP contribution in [-0.4, -0.2) is 25.5 Å². The zero-order valence-electron chi connectivity index (χ0n) is 12.2. The summed E-state index contributed by atoms with van der Waals surface area (Å²) in [7, 11) is 1.17. The SMILES string of the molecule is COC(=O)c1cc(NCC(=O)Nc2cccc(Cl)c2)ccc1F. The molecule has 0 aliphatic rings. The number of esters is 1. The number of nitrogens with one attached hydrogen (secondary N) is 2. The van der Waals surface area contributed by atoms with Crippen molar-refractivity contribution in [3.05, 3.63) is 58.9 Å². The Kier molecular flexibility index (Phi) is 5.54. The first-order valence-electron chi connectivity index (χ1n) is 6.67. The summed E-state index contributed by atoms with van der Waals surface area (Å²) in [6.45, 7) is -0.0568. The van der Waals surface area contributed by atoms with Crippen LogP contribution in [0.15, 0.2) is 42.5 Å². The minimum Gasteiger partial charge on any atom is -0.465 e. The summed E-state index contributed by atoms with van der Waals surface area (Å²) in [5.41, 5.74) is 0.791. The van der Waals surface area contributed by atoms with Crippen molar-refractivity contribution >= 4 is 34.9 Å². The van der Waals surface area contributed by atoms with Gasteiger partial charge in [0.2, 0.25) is 5.91 Å². The van der Waals surface area contributed by atoms with E-state index in [0.29, 0.717) is 16.4 Å². The monoisotopic (exact) mass is 336 g/mol. The van der Waals surface area contributed by atoms with Crippen molar-refractivity contribution in [3.8, 4) is 0 Å². The highest BCUT2D eigenvalue weighted by Crippen LogP contribution is 2.16. The molecular weight excluding hydrogens is 323 g/mol. The standard InChI is InChI=1S/C16H14ClFN2O3/c1-23-16(22)13-8-11(5-6-14(13)18)19-9-15(21)20-12-4-2-3-10(17)7-12/h2-8,19H,9H2,1H3,(H,20,21). The topological polar surface area (TPSA) is 67.4 Å². The molecule has 2 N–H and O–H groups in total. The fraction of sp³-hybridized carbons (Fsp3) is 0.125. The van der Waals surface area contributed by atoms with Crippen LogP contribution in [0, 0.1) is 5.82 Å². The molecule has 0 spiro atoms. The van der Waals surface area contributed by atoms with Crippen LogP contribution >= 0.6 is 11.6 Å². The number of hydrogen-bond donors (Lipinski definition) is 2. The first kappa shape index (κ1) is 16.8. The van der Waals surface area contributed by atoms with Crippen LogP contribution in [0.3, 0.4) is 0 Å². The summed E-state index contributed by atoms with van der Waals surface area (Å²) in [4.78, 5) is 23.3. The molecular formula is C16H14ClFN2O3. The van der Waals surface area contributed by atoms with E-state index in [-0.39, 0.29) is 18.0 Å². The van der Waals surface area contributed by atoms with E-state index in [2.05, 4.69) is 15.4 Å². The molecule has 0 unspecified atom stereocenters. The summed E-state index contributed by atoms with van der Waals surface area (Å²) >= 11 is 5.83. The first-order valence-corrected chi connectivity index (χ1v) is 7.04. The maximum Gasteiger partial charge on any atom is 0.340 e. The van der Waals surface area contributed by atoms with Crippen LogP contribution < -0.4 is 10.6 Å². The minimum atomic E-state index is -0.783. The maximum absolute atomic E-state index is 13.5. The fourth-order valence-corrected chi connectivity index (χ4v) is 2.05. The third-order valence-corrected chi connectivity index (χ3v) is 3.17. The Morgan fingerprint density at radius 2 is 1.96 bits per heavy atom. The smallest absolute Gasteiger partial charge is 0.340 e. The second kappa shape index (κ2) is 7.60. The van der Waals surface area contributed by atoms with Gasteiger partial charge in [-0.2, -0.15) is 0 Å². The fourth-order valence-electron chi connectivity index (χ4n) is 1.86. The maximum atomic E-state index is 13.5. The van der Waals surface area contributed by atoms with Gasteiger partial charge < -0.3 is 15.4 Å². The Bertz CT molecular complexity index is 737. The van der Waals surface area contributed by atoms with Gasteiger partial charge in [-0.3, -0.25) is 4.79 Å². The number of ether oxygens (including phenoxy) is 1. The van der Waals surface area contributed by atoms with E-state index < -0.39 is 11.8 Å². The minimum absolute atomic E-state index is 0.0568. The molecule has 1 amide bonds. The van der Waals surface area contributed by atoms with Crippen molar-refractivity contribution in [3.63, 3.8) is 0 Å². The second-order valence-electron chi connectivity index (χ2n) is 4.60. The lowest BCUT2D eigenvalue weighted by molar-refractivity contribution is -0.114. The number of carbonyl (C=O) groups excluding carboxylic acids is 2. The van der Waals surface area contributed by atoms with Gasteiger partial charge in [0.15, 0.2) is 0 Å². The second-order valence-corrected chi connectivity index (χ2v) is 5.03. The van der Waals surface area contributed by atoms with Crippen LogP contribution in [0.5, 0.6) is 0 Å². The largest absolute Gasteiger partial charge is 0.465 e. The molecule has 0 atom stereocenters. The Balaban J connectivity index is 1.98. The Labute approximate surface area is 137 Å². The summed E-state index contributed by atoms with van der Waals surface area (Å²) in [6.07, 6.45) is 0. The van der Waals surface area contributed by atoms with Crippen molar-refractivity contribution < 1.29 is 18.7 Å². The van der Waals surface area contributed by atoms with Crippen LogP contribution in [-0.2, 0) is 9.53 Å². The van der Waals surface area contributed by atoms with Gasteiger partial charge in [-0.25, -0.2) is 9.18 Å². The van der Waals surface area contributed by atoms with Crippen molar-refractivity contribution in [2.45, 2.75) is 0 Å². The number of methoxy groups -OCH3 is 1. The molecule has 0 aliphatic heterocycles. The van der Waals surface area contributed by atoms with E-state index in [4.69, 9.17) is 11.6 Å². The van der Waals surface area contributed by atoms with Gasteiger partial charge in [0, 0.05) is 16.4 Å². The molecule has 0 saturated heterocycles. The predicted octanol–water partition coefficient (Wildman–Crippen LogP) is 3.32. The average molecular weight is 337 g/mol. The Hall–Kier alpha value is -2.60. The Morgan fingerprint density at radius 3 is 2.65 bits per heavy atom. The molecule has 0 radical (unpaired) electrons.